The number of nitrogens with zero attached hydrogens (tertiary/aromatic N) is 1. The molecule has 0 radical (unpaired) electrons. The average molecular weight is 359 g/mol. The van der Waals surface area contributed by atoms with Crippen molar-refractivity contribution in [2.45, 2.75) is 6.04 Å². The van der Waals surface area contributed by atoms with Crippen molar-refractivity contribution in [3.63, 3.8) is 0 Å². The second-order valence-electron chi connectivity index (χ2n) is 5.80. The molecule has 1 fully saturated rings. The third-order valence-corrected chi connectivity index (χ3v) is 3.93. The largest absolute Gasteiger partial charge is 0.465 e. The Balaban J connectivity index is 1.57. The highest BCUT2D eigenvalue weighted by atomic mass is 19.1. The number of hydrogen-bond donors (Lipinski definition) is 3. The van der Waals surface area contributed by atoms with E-state index in [-0.39, 0.29) is 18.3 Å². The lowest BCUT2D eigenvalue weighted by Gasteiger charge is -2.30. The van der Waals surface area contributed by atoms with Gasteiger partial charge in [0.05, 0.1) is 0 Å². The zero-order valence-electron chi connectivity index (χ0n) is 13.8. The van der Waals surface area contributed by atoms with E-state index in [0.717, 1.165) is 0 Å². The summed E-state index contributed by atoms with van der Waals surface area (Å²) in [4.78, 5) is 24.5. The van der Waals surface area contributed by atoms with Gasteiger partial charge in [0.15, 0.2) is 0 Å². The van der Waals surface area contributed by atoms with Crippen LogP contribution in [0.2, 0.25) is 0 Å². The summed E-state index contributed by atoms with van der Waals surface area (Å²) in [6.07, 6.45) is -1.04. The molecule has 0 aliphatic carbocycles. The van der Waals surface area contributed by atoms with Crippen molar-refractivity contribution in [1.29, 1.82) is 0 Å². The van der Waals surface area contributed by atoms with Crippen LogP contribution in [0.3, 0.4) is 0 Å². The van der Waals surface area contributed by atoms with Crippen LogP contribution in [0.4, 0.5) is 14.9 Å². The van der Waals surface area contributed by atoms with Gasteiger partial charge in [0.2, 0.25) is 5.91 Å². The summed E-state index contributed by atoms with van der Waals surface area (Å²) in [6, 6.07) is 11.8. The Bertz CT molecular complexity index is 780. The lowest BCUT2D eigenvalue weighted by atomic mass is 10.2. The quantitative estimate of drug-likeness (QED) is 0.780. The van der Waals surface area contributed by atoms with E-state index in [9.17, 15) is 14.0 Å². The van der Waals surface area contributed by atoms with E-state index in [1.807, 2.05) is 0 Å². The number of amides is 2. The molecule has 2 aromatic carbocycles. The first kappa shape index (κ1) is 17.7. The summed E-state index contributed by atoms with van der Waals surface area (Å²) >= 11 is 0. The molecule has 3 N–H and O–H groups in total. The number of nitrogens with one attached hydrogen (secondary N) is 2. The van der Waals surface area contributed by atoms with Crippen LogP contribution in [-0.2, 0) is 4.79 Å². The first-order chi connectivity index (χ1) is 12.5. The summed E-state index contributed by atoms with van der Waals surface area (Å²) in [6.45, 7) is 0.885. The fraction of sp³-hybridized carbons (Fsp3) is 0.222. The van der Waals surface area contributed by atoms with Gasteiger partial charge in [-0.25, -0.2) is 9.18 Å². The molecular formula is C18H18FN3O4. The second-order valence-corrected chi connectivity index (χ2v) is 5.80. The number of ether oxygens (including phenoxy) is 1. The SMILES string of the molecule is O=C(Nc1ccc(Oc2ccc(F)cc2)cc1)C1CN(C(=O)O)CCN1. The topological polar surface area (TPSA) is 90.9 Å². The minimum absolute atomic E-state index is 0.104. The zero-order chi connectivity index (χ0) is 18.5. The van der Waals surface area contributed by atoms with E-state index >= 15 is 0 Å². The molecule has 0 spiro atoms. The van der Waals surface area contributed by atoms with Crippen LogP contribution in [0.15, 0.2) is 48.5 Å². The normalized spacial score (nSPS) is 16.8. The molecule has 2 amide bonds. The number of carbonyl (C=O) groups is 2. The summed E-state index contributed by atoms with van der Waals surface area (Å²) in [5, 5.41) is 14.8. The summed E-state index contributed by atoms with van der Waals surface area (Å²) in [5.74, 6) is 0.405. The standard InChI is InChI=1S/C18H18FN3O4/c19-12-1-5-14(6-2-12)26-15-7-3-13(4-8-15)21-17(23)16-11-22(18(24)25)10-9-20-16/h1-8,16,20H,9-11H2,(H,21,23)(H,24,25). The number of hydrogen-bond acceptors (Lipinski definition) is 4. The molecule has 1 aliphatic rings. The van der Waals surface area contributed by atoms with Crippen LogP contribution in [0.25, 0.3) is 0 Å². The van der Waals surface area contributed by atoms with Crippen molar-refractivity contribution in [2.24, 2.45) is 0 Å². The van der Waals surface area contributed by atoms with Gasteiger partial charge in [-0.05, 0) is 48.5 Å². The molecule has 3 rings (SSSR count). The van der Waals surface area contributed by atoms with Crippen molar-refractivity contribution >= 4 is 17.7 Å². The summed E-state index contributed by atoms with van der Waals surface area (Å²) in [7, 11) is 0. The molecule has 7 nitrogen and oxygen atoms in total. The molecule has 8 heteroatoms. The van der Waals surface area contributed by atoms with Gasteiger partial charge < -0.3 is 25.4 Å². The van der Waals surface area contributed by atoms with Gasteiger partial charge in [-0.15, -0.1) is 0 Å². The minimum atomic E-state index is -1.04. The highest BCUT2D eigenvalue weighted by Crippen LogP contribution is 2.23. The first-order valence-electron chi connectivity index (χ1n) is 8.07. The Labute approximate surface area is 149 Å². The van der Waals surface area contributed by atoms with Crippen LogP contribution in [-0.4, -0.2) is 47.7 Å². The van der Waals surface area contributed by atoms with E-state index in [1.165, 1.54) is 29.2 Å². The van der Waals surface area contributed by atoms with Crippen molar-refractivity contribution in [2.75, 3.05) is 25.0 Å². The number of benzene rings is 2. The third-order valence-electron chi connectivity index (χ3n) is 3.93. The zero-order valence-corrected chi connectivity index (χ0v) is 13.8. The lowest BCUT2D eigenvalue weighted by molar-refractivity contribution is -0.118. The van der Waals surface area contributed by atoms with Crippen LogP contribution < -0.4 is 15.4 Å². The van der Waals surface area contributed by atoms with E-state index in [2.05, 4.69) is 10.6 Å². The molecule has 1 aliphatic heterocycles. The molecule has 136 valence electrons. The van der Waals surface area contributed by atoms with Gasteiger partial charge in [0.25, 0.3) is 0 Å². The van der Waals surface area contributed by atoms with Gasteiger partial charge >= 0.3 is 6.09 Å². The highest BCUT2D eigenvalue weighted by Gasteiger charge is 2.27. The first-order valence-corrected chi connectivity index (χ1v) is 8.07. The van der Waals surface area contributed by atoms with Crippen LogP contribution in [0.5, 0.6) is 11.5 Å². The van der Waals surface area contributed by atoms with E-state index in [0.29, 0.717) is 30.3 Å². The van der Waals surface area contributed by atoms with Crippen LogP contribution >= 0.6 is 0 Å². The van der Waals surface area contributed by atoms with Gasteiger partial charge in [0, 0.05) is 25.3 Å². The van der Waals surface area contributed by atoms with Crippen LogP contribution in [0, 0.1) is 5.82 Å². The molecule has 0 saturated carbocycles. The average Bonchev–Trinajstić information content (AvgIpc) is 2.65. The Morgan fingerprint density at radius 3 is 2.35 bits per heavy atom. The Morgan fingerprint density at radius 1 is 1.12 bits per heavy atom. The number of carbonyl (C=O) groups excluding carboxylic acids is 1. The molecule has 1 heterocycles. The maximum absolute atomic E-state index is 12.9. The minimum Gasteiger partial charge on any atom is -0.465 e. The monoisotopic (exact) mass is 359 g/mol. The third kappa shape index (κ3) is 4.48. The van der Waals surface area contributed by atoms with Gasteiger partial charge in [-0.1, -0.05) is 0 Å². The molecule has 0 bridgehead atoms. The molecule has 0 aromatic heterocycles. The fourth-order valence-electron chi connectivity index (χ4n) is 2.57. The Kier molecular flexibility index (Phi) is 5.33. The summed E-state index contributed by atoms with van der Waals surface area (Å²) < 4.78 is 18.5. The number of piperazine rings is 1. The molecule has 2 aromatic rings. The van der Waals surface area contributed by atoms with Gasteiger partial charge in [-0.3, -0.25) is 4.79 Å². The Hall–Kier alpha value is -3.13. The molecular weight excluding hydrogens is 341 g/mol. The van der Waals surface area contributed by atoms with Crippen molar-refractivity contribution in [3.05, 3.63) is 54.3 Å². The Morgan fingerprint density at radius 2 is 1.73 bits per heavy atom. The van der Waals surface area contributed by atoms with E-state index in [4.69, 9.17) is 9.84 Å². The highest BCUT2D eigenvalue weighted by molar-refractivity contribution is 5.95. The molecule has 1 atom stereocenters. The maximum atomic E-state index is 12.9. The molecule has 1 saturated heterocycles. The van der Waals surface area contributed by atoms with Gasteiger partial charge in [-0.2, -0.15) is 0 Å². The smallest absolute Gasteiger partial charge is 0.407 e. The number of anilines is 1. The van der Waals surface area contributed by atoms with E-state index in [1.54, 1.807) is 24.3 Å². The summed E-state index contributed by atoms with van der Waals surface area (Å²) in [5.41, 5.74) is 0.565. The number of carboxylic acid groups (broad SMARTS) is 1. The fourth-order valence-corrected chi connectivity index (χ4v) is 2.57. The number of rotatable bonds is 4. The van der Waals surface area contributed by atoms with E-state index < -0.39 is 12.1 Å². The maximum Gasteiger partial charge on any atom is 0.407 e. The van der Waals surface area contributed by atoms with Crippen molar-refractivity contribution in [1.82, 2.24) is 10.2 Å². The predicted octanol–water partition coefficient (Wildman–Crippen LogP) is 2.51. The van der Waals surface area contributed by atoms with Gasteiger partial charge in [0.1, 0.15) is 23.4 Å². The van der Waals surface area contributed by atoms with Crippen LogP contribution in [0.1, 0.15) is 0 Å². The van der Waals surface area contributed by atoms with Crippen molar-refractivity contribution in [3.8, 4) is 11.5 Å². The van der Waals surface area contributed by atoms with Crippen molar-refractivity contribution < 1.29 is 23.8 Å². The lowest BCUT2D eigenvalue weighted by Crippen LogP contribution is -2.56. The number of halogens is 1. The predicted molar refractivity (Wildman–Crippen MR) is 92.9 cm³/mol. The molecule has 26 heavy (non-hydrogen) atoms. The molecule has 1 unspecified atom stereocenters. The second kappa shape index (κ2) is 7.83.